The first-order valence-corrected chi connectivity index (χ1v) is 10.4. The summed E-state index contributed by atoms with van der Waals surface area (Å²) in [4.78, 5) is 13.9. The van der Waals surface area contributed by atoms with Crippen LogP contribution < -0.4 is 10.6 Å². The van der Waals surface area contributed by atoms with Crippen molar-refractivity contribution in [2.75, 3.05) is 38.3 Å². The van der Waals surface area contributed by atoms with Gasteiger partial charge in [-0.2, -0.15) is 0 Å². The fourth-order valence-corrected chi connectivity index (χ4v) is 3.42. The van der Waals surface area contributed by atoms with Crippen molar-refractivity contribution in [1.29, 1.82) is 0 Å². The molecule has 150 valence electrons. The normalized spacial score (nSPS) is 11.2. The van der Waals surface area contributed by atoms with Crippen LogP contribution in [0.3, 0.4) is 0 Å². The predicted molar refractivity (Wildman–Crippen MR) is 116 cm³/mol. The Morgan fingerprint density at radius 1 is 1.00 bits per heavy atom. The van der Waals surface area contributed by atoms with Gasteiger partial charge in [0.15, 0.2) is 5.11 Å². The van der Waals surface area contributed by atoms with E-state index in [1.165, 1.54) is 26.2 Å². The summed E-state index contributed by atoms with van der Waals surface area (Å²) in [5.74, 6) is -0.209. The van der Waals surface area contributed by atoms with Crippen LogP contribution in [-0.4, -0.2) is 56.3 Å². The number of likely N-dealkylation sites (N-methyl/N-ethyl adjacent to an activating group) is 1. The van der Waals surface area contributed by atoms with Gasteiger partial charge in [0.25, 0.3) is 0 Å². The van der Waals surface area contributed by atoms with Crippen molar-refractivity contribution in [3.05, 3.63) is 54.1 Å². The number of nitrogens with one attached hydrogen (secondary N) is 2. The number of amides is 1. The summed E-state index contributed by atoms with van der Waals surface area (Å²) < 4.78 is 25.6. The maximum Gasteiger partial charge on any atom is 0.243 e. The number of benzene rings is 2. The highest BCUT2D eigenvalue weighted by Gasteiger charge is 2.18. The van der Waals surface area contributed by atoms with Crippen LogP contribution >= 0.6 is 12.2 Å². The van der Waals surface area contributed by atoms with Crippen LogP contribution in [0.25, 0.3) is 0 Å². The van der Waals surface area contributed by atoms with Crippen LogP contribution in [0, 0.1) is 6.92 Å². The Bertz CT molecular complexity index is 957. The summed E-state index contributed by atoms with van der Waals surface area (Å²) in [7, 11) is 1.09. The molecule has 2 rings (SSSR count). The molecule has 1 amide bonds. The SMILES string of the molecule is Cc1ccc(NC(=O)CN(C)C(=S)Nc2cccc(S(=O)(=O)N(C)C)c2)cc1. The Labute approximate surface area is 171 Å². The second-order valence-electron chi connectivity index (χ2n) is 6.52. The van der Waals surface area contributed by atoms with E-state index in [1.54, 1.807) is 24.1 Å². The summed E-state index contributed by atoms with van der Waals surface area (Å²) in [6, 6.07) is 13.9. The van der Waals surface area contributed by atoms with Crippen molar-refractivity contribution in [3.8, 4) is 0 Å². The largest absolute Gasteiger partial charge is 0.343 e. The average Bonchev–Trinajstić information content (AvgIpc) is 2.63. The molecule has 0 aromatic heterocycles. The van der Waals surface area contributed by atoms with Gasteiger partial charge in [-0.05, 0) is 49.5 Å². The molecule has 0 fully saturated rings. The summed E-state index contributed by atoms with van der Waals surface area (Å²) >= 11 is 5.32. The third-order valence-corrected chi connectivity index (χ3v) is 6.15. The molecule has 2 aromatic carbocycles. The van der Waals surface area contributed by atoms with Crippen LogP contribution in [0.2, 0.25) is 0 Å². The number of nitrogens with zero attached hydrogens (tertiary/aromatic N) is 2. The van der Waals surface area contributed by atoms with E-state index in [-0.39, 0.29) is 17.3 Å². The fraction of sp³-hybridized carbons (Fsp3) is 0.263. The van der Waals surface area contributed by atoms with Crippen molar-refractivity contribution in [2.45, 2.75) is 11.8 Å². The minimum atomic E-state index is -3.54. The predicted octanol–water partition coefficient (Wildman–Crippen LogP) is 2.51. The molecule has 0 spiro atoms. The van der Waals surface area contributed by atoms with Crippen LogP contribution in [0.4, 0.5) is 11.4 Å². The minimum absolute atomic E-state index is 0.0510. The third kappa shape index (κ3) is 5.75. The standard InChI is InChI=1S/C19H24N4O3S2/c1-14-8-10-15(11-9-14)20-18(24)13-23(4)19(27)21-16-6-5-7-17(12-16)28(25,26)22(2)3/h5-12H,13H2,1-4H3,(H,20,24)(H,21,27). The maximum atomic E-state index is 12.2. The molecule has 2 aromatic rings. The summed E-state index contributed by atoms with van der Waals surface area (Å²) in [6.07, 6.45) is 0. The Hall–Kier alpha value is -2.49. The van der Waals surface area contributed by atoms with Gasteiger partial charge >= 0.3 is 0 Å². The highest BCUT2D eigenvalue weighted by Crippen LogP contribution is 2.18. The van der Waals surface area contributed by atoms with Gasteiger partial charge in [-0.15, -0.1) is 0 Å². The van der Waals surface area contributed by atoms with Gasteiger partial charge in [0, 0.05) is 32.5 Å². The number of carbonyl (C=O) groups is 1. The van der Waals surface area contributed by atoms with E-state index in [9.17, 15) is 13.2 Å². The molecule has 0 aliphatic carbocycles. The molecule has 2 N–H and O–H groups in total. The van der Waals surface area contributed by atoms with Crippen molar-refractivity contribution in [2.24, 2.45) is 0 Å². The van der Waals surface area contributed by atoms with Crippen LogP contribution in [0.1, 0.15) is 5.56 Å². The van der Waals surface area contributed by atoms with Crippen molar-refractivity contribution < 1.29 is 13.2 Å². The molecule has 0 heterocycles. The molecule has 9 heteroatoms. The fourth-order valence-electron chi connectivity index (χ4n) is 2.29. The van der Waals surface area contributed by atoms with Gasteiger partial charge in [0.1, 0.15) is 0 Å². The zero-order valence-electron chi connectivity index (χ0n) is 16.3. The van der Waals surface area contributed by atoms with E-state index in [1.807, 2.05) is 31.2 Å². The molecular weight excluding hydrogens is 396 g/mol. The van der Waals surface area contributed by atoms with E-state index in [2.05, 4.69) is 10.6 Å². The Kier molecular flexibility index (Phi) is 7.11. The third-order valence-electron chi connectivity index (χ3n) is 3.93. The Morgan fingerprint density at radius 3 is 2.25 bits per heavy atom. The van der Waals surface area contributed by atoms with Gasteiger partial charge in [-0.3, -0.25) is 4.79 Å². The molecule has 0 saturated heterocycles. The van der Waals surface area contributed by atoms with Gasteiger partial charge in [0.05, 0.1) is 11.4 Å². The van der Waals surface area contributed by atoms with Crippen LogP contribution in [0.5, 0.6) is 0 Å². The lowest BCUT2D eigenvalue weighted by atomic mass is 10.2. The molecule has 0 bridgehead atoms. The van der Waals surface area contributed by atoms with E-state index in [0.29, 0.717) is 16.5 Å². The first-order valence-electron chi connectivity index (χ1n) is 8.51. The van der Waals surface area contributed by atoms with Crippen LogP contribution in [-0.2, 0) is 14.8 Å². The van der Waals surface area contributed by atoms with Crippen molar-refractivity contribution >= 4 is 44.6 Å². The molecule has 0 saturated carbocycles. The number of aryl methyl sites for hydroxylation is 1. The van der Waals surface area contributed by atoms with Crippen molar-refractivity contribution in [3.63, 3.8) is 0 Å². The zero-order chi connectivity index (χ0) is 20.9. The lowest BCUT2D eigenvalue weighted by molar-refractivity contribution is -0.116. The highest BCUT2D eigenvalue weighted by atomic mass is 32.2. The molecule has 0 unspecified atom stereocenters. The Morgan fingerprint density at radius 2 is 1.64 bits per heavy atom. The number of anilines is 2. The number of sulfonamides is 1. The molecule has 0 atom stereocenters. The second-order valence-corrected chi connectivity index (χ2v) is 9.05. The number of rotatable bonds is 6. The molecule has 0 aliphatic heterocycles. The van der Waals surface area contributed by atoms with Gasteiger partial charge < -0.3 is 15.5 Å². The van der Waals surface area contributed by atoms with Crippen LogP contribution in [0.15, 0.2) is 53.4 Å². The topological polar surface area (TPSA) is 81.8 Å². The summed E-state index contributed by atoms with van der Waals surface area (Å²) in [5, 5.41) is 6.08. The summed E-state index contributed by atoms with van der Waals surface area (Å²) in [6.45, 7) is 2.03. The monoisotopic (exact) mass is 420 g/mol. The summed E-state index contributed by atoms with van der Waals surface area (Å²) in [5.41, 5.74) is 2.35. The number of hydrogen-bond donors (Lipinski definition) is 2. The molecule has 0 radical (unpaired) electrons. The van der Waals surface area contributed by atoms with Gasteiger partial charge in [-0.1, -0.05) is 23.8 Å². The lowest BCUT2D eigenvalue weighted by Crippen LogP contribution is -2.37. The smallest absolute Gasteiger partial charge is 0.243 e. The van der Waals surface area contributed by atoms with Crippen molar-refractivity contribution in [1.82, 2.24) is 9.21 Å². The first kappa shape index (κ1) is 21.8. The minimum Gasteiger partial charge on any atom is -0.343 e. The average molecular weight is 421 g/mol. The molecular formula is C19H24N4O3S2. The van der Waals surface area contributed by atoms with Gasteiger partial charge in [0.2, 0.25) is 15.9 Å². The molecule has 7 nitrogen and oxygen atoms in total. The number of hydrogen-bond acceptors (Lipinski definition) is 4. The highest BCUT2D eigenvalue weighted by molar-refractivity contribution is 7.89. The van der Waals surface area contributed by atoms with E-state index in [4.69, 9.17) is 12.2 Å². The number of carbonyl (C=O) groups excluding carboxylic acids is 1. The van der Waals surface area contributed by atoms with Gasteiger partial charge in [-0.25, -0.2) is 12.7 Å². The number of thiocarbonyl (C=S) groups is 1. The Balaban J connectivity index is 1.98. The first-order chi connectivity index (χ1) is 13.1. The van der Waals surface area contributed by atoms with E-state index >= 15 is 0 Å². The molecule has 28 heavy (non-hydrogen) atoms. The molecule has 0 aliphatic rings. The zero-order valence-corrected chi connectivity index (χ0v) is 17.9. The van der Waals surface area contributed by atoms with E-state index in [0.717, 1.165) is 9.87 Å². The lowest BCUT2D eigenvalue weighted by Gasteiger charge is -2.21. The quantitative estimate of drug-likeness (QED) is 0.699. The van der Waals surface area contributed by atoms with E-state index < -0.39 is 10.0 Å². The maximum absolute atomic E-state index is 12.2. The second kappa shape index (κ2) is 9.13.